The highest BCUT2D eigenvalue weighted by atomic mass is 19.1. The van der Waals surface area contributed by atoms with Gasteiger partial charge in [-0.05, 0) is 31.0 Å². The normalized spacial score (nSPS) is 23.8. The zero-order valence-electron chi connectivity index (χ0n) is 12.7. The summed E-state index contributed by atoms with van der Waals surface area (Å²) >= 11 is 0. The molecule has 0 unspecified atom stereocenters. The number of nitriles is 1. The number of anilines is 1. The number of urea groups is 1. The van der Waals surface area contributed by atoms with Crippen LogP contribution in [0.3, 0.4) is 0 Å². The summed E-state index contributed by atoms with van der Waals surface area (Å²) in [5, 5.41) is 11.6. The Morgan fingerprint density at radius 2 is 2.13 bits per heavy atom. The van der Waals surface area contributed by atoms with Gasteiger partial charge in [-0.25, -0.2) is 9.18 Å². The van der Waals surface area contributed by atoms with Gasteiger partial charge in [0.15, 0.2) is 0 Å². The fourth-order valence-electron chi connectivity index (χ4n) is 3.58. The summed E-state index contributed by atoms with van der Waals surface area (Å²) in [7, 11) is 0. The number of carbonyl (C=O) groups excluding carboxylic acids is 2. The Labute approximate surface area is 134 Å². The molecule has 2 atom stereocenters. The van der Waals surface area contributed by atoms with Crippen LogP contribution in [0.1, 0.15) is 37.7 Å². The lowest BCUT2D eigenvalue weighted by Gasteiger charge is -2.42. The Morgan fingerprint density at radius 3 is 2.91 bits per heavy atom. The van der Waals surface area contributed by atoms with Crippen molar-refractivity contribution in [3.63, 3.8) is 0 Å². The summed E-state index contributed by atoms with van der Waals surface area (Å²) in [6.45, 7) is 0.415. The number of nitrogens with zero attached hydrogens (tertiary/aromatic N) is 2. The molecule has 1 N–H and O–H groups in total. The second kappa shape index (κ2) is 6.37. The van der Waals surface area contributed by atoms with Crippen molar-refractivity contribution in [1.29, 1.82) is 5.26 Å². The van der Waals surface area contributed by atoms with Gasteiger partial charge in [0.05, 0.1) is 5.56 Å². The first-order valence-corrected chi connectivity index (χ1v) is 7.90. The lowest BCUT2D eigenvalue weighted by atomic mass is 9.77. The van der Waals surface area contributed by atoms with Crippen LogP contribution in [0.15, 0.2) is 18.2 Å². The number of rotatable bonds is 1. The number of benzene rings is 1. The van der Waals surface area contributed by atoms with Crippen molar-refractivity contribution >= 4 is 17.5 Å². The monoisotopic (exact) mass is 315 g/mol. The molecule has 1 aromatic rings. The molecular weight excluding hydrogens is 297 g/mol. The van der Waals surface area contributed by atoms with Crippen LogP contribution in [0.4, 0.5) is 14.9 Å². The number of likely N-dealkylation sites (tertiary alicyclic amines) is 1. The molecule has 23 heavy (non-hydrogen) atoms. The number of hydrogen-bond donors (Lipinski definition) is 1. The van der Waals surface area contributed by atoms with E-state index in [9.17, 15) is 14.0 Å². The number of fused-ring (bicyclic) bond motifs is 1. The van der Waals surface area contributed by atoms with Gasteiger partial charge in [0.25, 0.3) is 0 Å². The molecule has 2 aliphatic rings. The number of amides is 2. The lowest BCUT2D eigenvalue weighted by Crippen LogP contribution is -2.54. The van der Waals surface area contributed by atoms with E-state index in [2.05, 4.69) is 5.32 Å². The molecule has 1 saturated carbocycles. The predicted molar refractivity (Wildman–Crippen MR) is 82.2 cm³/mol. The molecule has 120 valence electrons. The first-order valence-electron chi connectivity index (χ1n) is 7.90. The van der Waals surface area contributed by atoms with Crippen LogP contribution in [0.5, 0.6) is 0 Å². The van der Waals surface area contributed by atoms with Crippen molar-refractivity contribution in [3.05, 3.63) is 29.6 Å². The standard InChI is InChI=1S/C17H18FN3O2/c18-14-6-5-12(9-11(14)10-19)20-17(23)21-8-7-16(22)13-3-1-2-4-15(13)21/h5-6,9,13,15H,1-4,7-8H2,(H,20,23)/t13-,15+/m0/s1. The van der Waals surface area contributed by atoms with E-state index in [0.29, 0.717) is 18.7 Å². The van der Waals surface area contributed by atoms with E-state index in [1.54, 1.807) is 11.0 Å². The van der Waals surface area contributed by atoms with Crippen LogP contribution in [-0.2, 0) is 4.79 Å². The molecule has 0 radical (unpaired) electrons. The van der Waals surface area contributed by atoms with Crippen molar-refractivity contribution in [2.75, 3.05) is 11.9 Å². The number of nitrogens with one attached hydrogen (secondary N) is 1. The average molecular weight is 315 g/mol. The molecule has 0 bridgehead atoms. The Morgan fingerprint density at radius 1 is 1.35 bits per heavy atom. The smallest absolute Gasteiger partial charge is 0.320 e. The Kier molecular flexibility index (Phi) is 4.28. The minimum Gasteiger partial charge on any atom is -0.320 e. The maximum Gasteiger partial charge on any atom is 0.322 e. The first kappa shape index (κ1) is 15.5. The zero-order valence-corrected chi connectivity index (χ0v) is 12.7. The SMILES string of the molecule is N#Cc1cc(NC(=O)N2CCC(=O)[C@H]3CCCC[C@H]32)ccc1F. The summed E-state index contributed by atoms with van der Waals surface area (Å²) in [4.78, 5) is 26.3. The van der Waals surface area contributed by atoms with E-state index in [0.717, 1.165) is 31.7 Å². The molecule has 1 saturated heterocycles. The zero-order chi connectivity index (χ0) is 16.4. The third-order valence-corrected chi connectivity index (χ3v) is 4.74. The van der Waals surface area contributed by atoms with E-state index in [1.807, 2.05) is 0 Å². The maximum absolute atomic E-state index is 13.3. The minimum absolute atomic E-state index is 0.0408. The van der Waals surface area contributed by atoms with E-state index >= 15 is 0 Å². The van der Waals surface area contributed by atoms with Crippen LogP contribution in [0, 0.1) is 23.1 Å². The van der Waals surface area contributed by atoms with Gasteiger partial charge in [0.2, 0.25) is 0 Å². The molecule has 2 fully saturated rings. The third kappa shape index (κ3) is 3.04. The molecule has 3 rings (SSSR count). The molecule has 1 aliphatic heterocycles. The van der Waals surface area contributed by atoms with Gasteiger partial charge < -0.3 is 10.2 Å². The lowest BCUT2D eigenvalue weighted by molar-refractivity contribution is -0.129. The Hall–Kier alpha value is -2.42. The highest BCUT2D eigenvalue weighted by molar-refractivity contribution is 5.92. The summed E-state index contributed by atoms with van der Waals surface area (Å²) < 4.78 is 13.3. The molecule has 6 heteroatoms. The Balaban J connectivity index is 1.75. The van der Waals surface area contributed by atoms with Crippen LogP contribution in [0.25, 0.3) is 0 Å². The van der Waals surface area contributed by atoms with Gasteiger partial charge in [0.1, 0.15) is 17.7 Å². The molecule has 5 nitrogen and oxygen atoms in total. The van der Waals surface area contributed by atoms with Crippen molar-refractivity contribution in [2.45, 2.75) is 38.1 Å². The molecular formula is C17H18FN3O2. The topological polar surface area (TPSA) is 73.2 Å². The number of piperidine rings is 1. The predicted octanol–water partition coefficient (Wildman–Crippen LogP) is 3.06. The number of hydrogen-bond acceptors (Lipinski definition) is 3. The van der Waals surface area contributed by atoms with Gasteiger partial charge in [-0.1, -0.05) is 12.8 Å². The van der Waals surface area contributed by atoms with Crippen LogP contribution in [0.2, 0.25) is 0 Å². The fraction of sp³-hybridized carbons (Fsp3) is 0.471. The van der Waals surface area contributed by atoms with E-state index in [1.165, 1.54) is 12.1 Å². The van der Waals surface area contributed by atoms with Gasteiger partial charge >= 0.3 is 6.03 Å². The molecule has 0 aromatic heterocycles. The fourth-order valence-corrected chi connectivity index (χ4v) is 3.58. The van der Waals surface area contributed by atoms with Crippen molar-refractivity contribution < 1.29 is 14.0 Å². The van der Waals surface area contributed by atoms with Gasteiger partial charge in [-0.3, -0.25) is 4.79 Å². The molecule has 1 aliphatic carbocycles. The van der Waals surface area contributed by atoms with Gasteiger partial charge in [0, 0.05) is 30.6 Å². The number of Topliss-reactive ketones (excluding diaryl/α,β-unsaturated/α-hetero) is 1. The number of ketones is 1. The maximum atomic E-state index is 13.3. The minimum atomic E-state index is -0.610. The van der Waals surface area contributed by atoms with Gasteiger partial charge in [-0.2, -0.15) is 5.26 Å². The summed E-state index contributed by atoms with van der Waals surface area (Å²) in [6, 6.07) is 5.34. The van der Waals surface area contributed by atoms with Crippen LogP contribution in [-0.4, -0.2) is 29.3 Å². The molecule has 2 amide bonds. The van der Waals surface area contributed by atoms with Crippen molar-refractivity contribution in [3.8, 4) is 6.07 Å². The largest absolute Gasteiger partial charge is 0.322 e. The van der Waals surface area contributed by atoms with Crippen LogP contribution >= 0.6 is 0 Å². The summed E-state index contributed by atoms with van der Waals surface area (Å²) in [5.74, 6) is -0.403. The highest BCUT2D eigenvalue weighted by Crippen LogP contribution is 2.33. The van der Waals surface area contributed by atoms with E-state index in [4.69, 9.17) is 5.26 Å². The first-order chi connectivity index (χ1) is 11.1. The molecule has 1 heterocycles. The third-order valence-electron chi connectivity index (χ3n) is 4.74. The van der Waals surface area contributed by atoms with Crippen molar-refractivity contribution in [2.24, 2.45) is 5.92 Å². The number of carbonyl (C=O) groups is 2. The van der Waals surface area contributed by atoms with E-state index in [-0.39, 0.29) is 29.3 Å². The van der Waals surface area contributed by atoms with Crippen LogP contribution < -0.4 is 5.32 Å². The van der Waals surface area contributed by atoms with Gasteiger partial charge in [-0.15, -0.1) is 0 Å². The second-order valence-corrected chi connectivity index (χ2v) is 6.10. The van der Waals surface area contributed by atoms with Crippen molar-refractivity contribution in [1.82, 2.24) is 4.90 Å². The quantitative estimate of drug-likeness (QED) is 0.865. The number of halogens is 1. The highest BCUT2D eigenvalue weighted by Gasteiger charge is 2.40. The summed E-state index contributed by atoms with van der Waals surface area (Å²) in [6.07, 6.45) is 4.14. The average Bonchev–Trinajstić information content (AvgIpc) is 2.57. The van der Waals surface area contributed by atoms with E-state index < -0.39 is 5.82 Å². The molecule has 1 aromatic carbocycles. The molecule has 0 spiro atoms. The summed E-state index contributed by atoms with van der Waals surface area (Å²) in [5.41, 5.74) is 0.282. The Bertz CT molecular complexity index is 683. The second-order valence-electron chi connectivity index (χ2n) is 6.10.